The lowest BCUT2D eigenvalue weighted by atomic mass is 9.83. The number of Topliss-reactive ketones (excluding diaryl/α,β-unsaturated/α-hetero) is 1. The fourth-order valence-electron chi connectivity index (χ4n) is 8.23. The second-order valence-corrected chi connectivity index (χ2v) is 20.9. The van der Waals surface area contributed by atoms with Gasteiger partial charge in [0.15, 0.2) is 6.10 Å². The molecule has 2 aliphatic rings. The molecule has 2 rings (SSSR count). The highest BCUT2D eigenvalue weighted by Gasteiger charge is 2.51. The molecule has 1 unspecified atom stereocenters. The Kier molecular flexibility index (Phi) is 32.4. The van der Waals surface area contributed by atoms with E-state index in [0.717, 1.165) is 57.4 Å². The summed E-state index contributed by atoms with van der Waals surface area (Å²) in [5, 5.41) is 68.3. The molecule has 0 aromatic rings. The number of carbonyl (C=O) groups is 3. The van der Waals surface area contributed by atoms with Crippen LogP contribution in [0.15, 0.2) is 48.6 Å². The van der Waals surface area contributed by atoms with Gasteiger partial charge in [-0.1, -0.05) is 127 Å². The fourth-order valence-corrected chi connectivity index (χ4v) is 9.76. The third-order valence-electron chi connectivity index (χ3n) is 12.3. The van der Waals surface area contributed by atoms with Gasteiger partial charge in [-0.25, -0.2) is 9.13 Å². The van der Waals surface area contributed by atoms with Gasteiger partial charge in [0.25, 0.3) is 0 Å². The molecular formula is C49H84O19P2. The summed E-state index contributed by atoms with van der Waals surface area (Å²) in [5.74, 6) is -5.53. The summed E-state index contributed by atoms with van der Waals surface area (Å²) < 4.78 is 52.2. The third kappa shape index (κ3) is 27.0. The predicted molar refractivity (Wildman–Crippen MR) is 261 cm³/mol. The minimum Gasteiger partial charge on any atom is -0.462 e. The molecule has 19 nitrogen and oxygen atoms in total. The number of phosphoric acid groups is 2. The Balaban J connectivity index is 2.31. The standard InChI is InChI=1S/C49H84O19P2/c1-3-5-7-8-9-10-11-12-13-14-15-16-17-18-19-20-26-30-43(54)66-37-34-64-42(53)29-25-22-21-24-28-38-40(51)33-41(52)39(32-31-36(50)27-23-6-4-2)45(56)48(67-69(59,60)61)49(47(58)46(57)44(38)55)68-70(62,63)65-35-37/h9-10,12-13,15-16,31-32,36-39,41,44-50,52,55-58H,3-8,11,14,17-30,33-35H2,1-2H3,(H,62,63)(H2,59,60,61)/b10-9-,13-12-,16-15-,32-31+/t36-,37+,38-,39-,41+,44+,45+,46-,47+,48+,49-/m0/s1. The van der Waals surface area contributed by atoms with Crippen LogP contribution in [0.4, 0.5) is 0 Å². The largest absolute Gasteiger partial charge is 0.472 e. The summed E-state index contributed by atoms with van der Waals surface area (Å²) in [6, 6.07) is 0. The molecule has 2 bridgehead atoms. The average molecular weight is 1040 g/mol. The third-order valence-corrected chi connectivity index (χ3v) is 13.8. The van der Waals surface area contributed by atoms with Gasteiger partial charge in [0.2, 0.25) is 0 Å². The van der Waals surface area contributed by atoms with E-state index in [1.54, 1.807) is 0 Å². The zero-order valence-corrected chi connectivity index (χ0v) is 42.9. The van der Waals surface area contributed by atoms with Crippen LogP contribution in [0.2, 0.25) is 0 Å². The lowest BCUT2D eigenvalue weighted by Gasteiger charge is -2.38. The number of carbonyl (C=O) groups excluding carboxylic acids is 3. The van der Waals surface area contributed by atoms with Gasteiger partial charge >= 0.3 is 27.6 Å². The first-order valence-corrected chi connectivity index (χ1v) is 28.3. The van der Waals surface area contributed by atoms with Gasteiger partial charge in [-0.15, -0.1) is 0 Å². The molecule has 1 aliphatic heterocycles. The maximum absolute atomic E-state index is 13.8. The predicted octanol–water partition coefficient (Wildman–Crippen LogP) is 6.65. The molecule has 9 N–H and O–H groups in total. The lowest BCUT2D eigenvalue weighted by Crippen LogP contribution is -2.56. The summed E-state index contributed by atoms with van der Waals surface area (Å²) in [4.78, 5) is 70.6. The first-order valence-electron chi connectivity index (χ1n) is 25.3. The maximum atomic E-state index is 13.8. The summed E-state index contributed by atoms with van der Waals surface area (Å²) in [5.41, 5.74) is 0. The topological polar surface area (TPSA) is 314 Å². The van der Waals surface area contributed by atoms with Crippen LogP contribution in [0.25, 0.3) is 0 Å². The zero-order valence-electron chi connectivity index (χ0n) is 41.1. The number of ketones is 1. The Hall–Kier alpha value is -2.45. The first kappa shape index (κ1) is 63.7. The van der Waals surface area contributed by atoms with Crippen molar-refractivity contribution in [3.8, 4) is 0 Å². The van der Waals surface area contributed by atoms with Gasteiger partial charge in [0, 0.05) is 31.1 Å². The quantitative estimate of drug-likeness (QED) is 0.0211. The lowest BCUT2D eigenvalue weighted by molar-refractivity contribution is -0.165. The second kappa shape index (κ2) is 35.7. The van der Waals surface area contributed by atoms with Crippen molar-refractivity contribution in [2.45, 2.75) is 216 Å². The number of hydrogen-bond acceptors (Lipinski definition) is 16. The molecule has 2 fully saturated rings. The van der Waals surface area contributed by atoms with Gasteiger partial charge in [0.05, 0.1) is 31.0 Å². The molecule has 1 heterocycles. The van der Waals surface area contributed by atoms with Crippen molar-refractivity contribution in [1.82, 2.24) is 0 Å². The number of esters is 2. The number of hydrogen-bond donors (Lipinski definition) is 9. The van der Waals surface area contributed by atoms with Crippen LogP contribution in [0.5, 0.6) is 0 Å². The van der Waals surface area contributed by atoms with E-state index in [9.17, 15) is 68.8 Å². The Labute approximate surface area is 414 Å². The fraction of sp³-hybridized carbons (Fsp3) is 0.776. The number of unbranched alkanes of at least 4 members (excludes halogenated alkanes) is 9. The Morgan fingerprint density at radius 1 is 0.786 bits per heavy atom. The minimum atomic E-state index is -5.78. The summed E-state index contributed by atoms with van der Waals surface area (Å²) in [6.45, 7) is 2.53. The number of fused-ring (bicyclic) bond motifs is 4. The van der Waals surface area contributed by atoms with Crippen LogP contribution in [-0.2, 0) is 46.6 Å². The Morgan fingerprint density at radius 2 is 1.40 bits per heavy atom. The molecule has 0 aromatic heterocycles. The molecule has 12 atom stereocenters. The van der Waals surface area contributed by atoms with E-state index in [2.05, 4.69) is 43.4 Å². The summed E-state index contributed by atoms with van der Waals surface area (Å²) in [7, 11) is -11.5. The first-order chi connectivity index (χ1) is 33.3. The molecule has 21 heteroatoms. The van der Waals surface area contributed by atoms with Gasteiger partial charge < -0.3 is 54.8 Å². The number of aliphatic hydroxyl groups is 6. The maximum Gasteiger partial charge on any atom is 0.472 e. The normalized spacial score (nSPS) is 30.4. The number of aliphatic hydroxyl groups excluding tert-OH is 6. The smallest absolute Gasteiger partial charge is 0.462 e. The van der Waals surface area contributed by atoms with E-state index in [4.69, 9.17) is 23.0 Å². The van der Waals surface area contributed by atoms with E-state index in [1.807, 2.05) is 6.92 Å². The van der Waals surface area contributed by atoms with Crippen molar-refractivity contribution in [1.29, 1.82) is 0 Å². The van der Waals surface area contributed by atoms with Gasteiger partial charge in [0.1, 0.15) is 36.8 Å². The van der Waals surface area contributed by atoms with Crippen LogP contribution in [0.3, 0.4) is 0 Å². The van der Waals surface area contributed by atoms with Crippen LogP contribution >= 0.6 is 15.6 Å². The van der Waals surface area contributed by atoms with Crippen molar-refractivity contribution in [2.75, 3.05) is 13.2 Å². The molecule has 0 amide bonds. The molecule has 1 saturated heterocycles. The van der Waals surface area contributed by atoms with Crippen LogP contribution in [0, 0.1) is 11.8 Å². The van der Waals surface area contributed by atoms with Crippen molar-refractivity contribution in [3.05, 3.63) is 48.6 Å². The highest BCUT2D eigenvalue weighted by molar-refractivity contribution is 7.47. The average Bonchev–Trinajstić information content (AvgIpc) is 3.30. The zero-order chi connectivity index (χ0) is 52.0. The molecule has 70 heavy (non-hydrogen) atoms. The van der Waals surface area contributed by atoms with E-state index in [1.165, 1.54) is 25.3 Å². The highest BCUT2D eigenvalue weighted by atomic mass is 31.2. The van der Waals surface area contributed by atoms with Crippen molar-refractivity contribution in [3.63, 3.8) is 0 Å². The molecular weight excluding hydrogens is 954 g/mol. The van der Waals surface area contributed by atoms with Crippen molar-refractivity contribution in [2.24, 2.45) is 11.8 Å². The Morgan fingerprint density at radius 3 is 2.06 bits per heavy atom. The monoisotopic (exact) mass is 1040 g/mol. The molecule has 0 radical (unpaired) electrons. The number of phosphoric ester groups is 2. The molecule has 0 aromatic carbocycles. The van der Waals surface area contributed by atoms with Crippen molar-refractivity contribution >= 4 is 33.4 Å². The summed E-state index contributed by atoms with van der Waals surface area (Å²) >= 11 is 0. The van der Waals surface area contributed by atoms with Crippen LogP contribution < -0.4 is 0 Å². The van der Waals surface area contributed by atoms with Crippen molar-refractivity contribution < 1.29 is 91.9 Å². The van der Waals surface area contributed by atoms with Gasteiger partial charge in [-0.3, -0.25) is 28.0 Å². The number of allylic oxidation sites excluding steroid dienone is 6. The molecule has 1 saturated carbocycles. The minimum absolute atomic E-state index is 0.0556. The molecule has 1 aliphatic carbocycles. The van der Waals surface area contributed by atoms with Crippen LogP contribution in [0.1, 0.15) is 162 Å². The van der Waals surface area contributed by atoms with Gasteiger partial charge in [-0.05, 0) is 64.2 Å². The van der Waals surface area contributed by atoms with E-state index in [0.29, 0.717) is 38.5 Å². The Bertz CT molecular complexity index is 1700. The van der Waals surface area contributed by atoms with E-state index < -0.39 is 120 Å². The number of ether oxygens (including phenoxy) is 2. The van der Waals surface area contributed by atoms with E-state index >= 15 is 0 Å². The number of rotatable bonds is 24. The second-order valence-electron chi connectivity index (χ2n) is 18.3. The van der Waals surface area contributed by atoms with E-state index in [-0.39, 0.29) is 32.1 Å². The highest BCUT2D eigenvalue weighted by Crippen LogP contribution is 2.49. The SMILES string of the molecule is CCCCC/C=C\C/C=C\C/C=C\CCCCCCC(=O)O[C@@H]1COC(=O)CCCCCC[C@H]2C(=O)C[C@@H](O)[C@H](/C=C/[C@@H](O)CCCCC)[C@@H](O)[C@@H](OP(=O)(O)O)[C@@H](OP(=O)(O)OC1)[C@H](O)[C@@H](O)[C@@H]2O. The number of cyclic esters (lactones) is 1. The van der Waals surface area contributed by atoms with Gasteiger partial charge in [-0.2, -0.15) is 0 Å². The summed E-state index contributed by atoms with van der Waals surface area (Å²) in [6.07, 6.45) is 8.60. The van der Waals surface area contributed by atoms with Crippen LogP contribution in [-0.4, -0.2) is 131 Å². The molecule has 404 valence electrons. The molecule has 0 spiro atoms.